The van der Waals surface area contributed by atoms with Crippen LogP contribution in [0, 0.1) is 0 Å². The van der Waals surface area contributed by atoms with Gasteiger partial charge in [-0.1, -0.05) is 0 Å². The fourth-order valence-corrected chi connectivity index (χ4v) is 2.80. The van der Waals surface area contributed by atoms with Crippen molar-refractivity contribution in [2.75, 3.05) is 37.7 Å². The zero-order valence-corrected chi connectivity index (χ0v) is 15.2. The molecule has 1 saturated heterocycles. The number of piperidine rings is 1. The molecule has 0 bridgehead atoms. The highest BCUT2D eigenvalue weighted by Crippen LogP contribution is 2.13. The normalized spacial score (nSPS) is 14.9. The average Bonchev–Trinajstić information content (AvgIpc) is 2.64. The first-order valence-electron chi connectivity index (χ1n) is 8.88. The zero-order valence-electron chi connectivity index (χ0n) is 15.2. The summed E-state index contributed by atoms with van der Waals surface area (Å²) < 4.78 is 5.00. The summed E-state index contributed by atoms with van der Waals surface area (Å²) in [4.78, 5) is 36.3. The number of aromatic nitrogens is 2. The van der Waals surface area contributed by atoms with Crippen molar-refractivity contribution < 1.29 is 14.3 Å². The molecule has 0 aromatic carbocycles. The number of ether oxygens (including phenoxy) is 1. The van der Waals surface area contributed by atoms with Crippen LogP contribution in [0.4, 0.5) is 10.7 Å². The first-order chi connectivity index (χ1) is 12.1. The lowest BCUT2D eigenvalue weighted by molar-refractivity contribution is 0.0859. The summed E-state index contributed by atoms with van der Waals surface area (Å²) in [6, 6.07) is 0.0423. The Hall–Kier alpha value is -2.38. The number of anilines is 1. The van der Waals surface area contributed by atoms with E-state index in [2.05, 4.69) is 15.3 Å². The molecule has 138 valence electrons. The molecule has 8 nitrogen and oxygen atoms in total. The first-order valence-corrected chi connectivity index (χ1v) is 8.88. The third-order valence-corrected chi connectivity index (χ3v) is 4.30. The molecule has 0 aliphatic carbocycles. The Morgan fingerprint density at radius 3 is 2.32 bits per heavy atom. The Morgan fingerprint density at radius 2 is 1.80 bits per heavy atom. The van der Waals surface area contributed by atoms with E-state index >= 15 is 0 Å². The molecule has 1 aliphatic rings. The van der Waals surface area contributed by atoms with Crippen LogP contribution in [-0.4, -0.2) is 65.7 Å². The van der Waals surface area contributed by atoms with Crippen molar-refractivity contribution >= 4 is 17.9 Å². The largest absolute Gasteiger partial charge is 0.450 e. The summed E-state index contributed by atoms with van der Waals surface area (Å²) in [5.41, 5.74) is 0.448. The molecular formula is C17H27N5O3. The number of nitrogens with zero attached hydrogens (tertiary/aromatic N) is 4. The van der Waals surface area contributed by atoms with Crippen LogP contribution in [0.3, 0.4) is 0 Å². The summed E-state index contributed by atoms with van der Waals surface area (Å²) in [5, 5.41) is 2.99. The molecule has 0 atom stereocenters. The van der Waals surface area contributed by atoms with Crippen molar-refractivity contribution in [1.82, 2.24) is 20.2 Å². The quantitative estimate of drug-likeness (QED) is 0.841. The number of hydrogen-bond donors (Lipinski definition) is 1. The third kappa shape index (κ3) is 5.04. The fraction of sp³-hybridized carbons (Fsp3) is 0.647. The van der Waals surface area contributed by atoms with Crippen molar-refractivity contribution in [2.45, 2.75) is 39.7 Å². The minimum atomic E-state index is -0.285. The second kappa shape index (κ2) is 9.19. The molecule has 1 aromatic heterocycles. The molecule has 2 heterocycles. The summed E-state index contributed by atoms with van der Waals surface area (Å²) in [6.07, 6.45) is 4.26. The minimum absolute atomic E-state index is 0.0423. The van der Waals surface area contributed by atoms with Gasteiger partial charge in [-0.2, -0.15) is 0 Å². The van der Waals surface area contributed by atoms with Gasteiger partial charge < -0.3 is 19.9 Å². The van der Waals surface area contributed by atoms with Crippen molar-refractivity contribution in [3.63, 3.8) is 0 Å². The number of nitrogens with one attached hydrogen (secondary N) is 1. The van der Waals surface area contributed by atoms with E-state index in [4.69, 9.17) is 4.74 Å². The predicted molar refractivity (Wildman–Crippen MR) is 94.7 cm³/mol. The molecule has 0 radical (unpaired) electrons. The fourth-order valence-electron chi connectivity index (χ4n) is 2.80. The van der Waals surface area contributed by atoms with Gasteiger partial charge in [0.1, 0.15) is 0 Å². The number of amides is 2. The van der Waals surface area contributed by atoms with Gasteiger partial charge in [0.25, 0.3) is 5.91 Å². The predicted octanol–water partition coefficient (Wildman–Crippen LogP) is 1.67. The molecule has 0 saturated carbocycles. The molecule has 8 heteroatoms. The van der Waals surface area contributed by atoms with E-state index in [0.29, 0.717) is 44.0 Å². The molecule has 2 amide bonds. The molecule has 1 aromatic rings. The standard InChI is InChI=1S/C17H27N5O3/c1-4-21(5-2)16-18-11-13(12-19-16)15(23)20-14-7-9-22(10-8-14)17(24)25-6-3/h11-12,14H,4-10H2,1-3H3,(H,20,23). The van der Waals surface area contributed by atoms with E-state index in [9.17, 15) is 9.59 Å². The molecule has 1 fully saturated rings. The smallest absolute Gasteiger partial charge is 0.409 e. The van der Waals surface area contributed by atoms with Crippen molar-refractivity contribution in [3.05, 3.63) is 18.0 Å². The van der Waals surface area contributed by atoms with Crippen molar-refractivity contribution in [3.8, 4) is 0 Å². The monoisotopic (exact) mass is 349 g/mol. The molecule has 1 N–H and O–H groups in total. The molecule has 0 unspecified atom stereocenters. The summed E-state index contributed by atoms with van der Waals surface area (Å²) in [7, 11) is 0. The number of carbonyl (C=O) groups excluding carboxylic acids is 2. The van der Waals surface area contributed by atoms with Gasteiger partial charge in [0, 0.05) is 44.6 Å². The highest BCUT2D eigenvalue weighted by atomic mass is 16.6. The van der Waals surface area contributed by atoms with Gasteiger partial charge in [-0.25, -0.2) is 14.8 Å². The van der Waals surface area contributed by atoms with E-state index in [1.165, 1.54) is 0 Å². The molecule has 1 aliphatic heterocycles. The summed E-state index contributed by atoms with van der Waals surface area (Å²) >= 11 is 0. The minimum Gasteiger partial charge on any atom is -0.450 e. The number of carbonyl (C=O) groups is 2. The summed E-state index contributed by atoms with van der Waals surface area (Å²) in [6.45, 7) is 9.05. The highest BCUT2D eigenvalue weighted by molar-refractivity contribution is 5.93. The lowest BCUT2D eigenvalue weighted by Gasteiger charge is -2.31. The van der Waals surface area contributed by atoms with Crippen molar-refractivity contribution in [2.24, 2.45) is 0 Å². The number of rotatable bonds is 6. The molecule has 2 rings (SSSR count). The summed E-state index contributed by atoms with van der Waals surface area (Å²) in [5.74, 6) is 0.449. The van der Waals surface area contributed by atoms with Crippen LogP contribution in [0.1, 0.15) is 44.0 Å². The van der Waals surface area contributed by atoms with Crippen LogP contribution < -0.4 is 10.2 Å². The highest BCUT2D eigenvalue weighted by Gasteiger charge is 2.25. The zero-order chi connectivity index (χ0) is 18.2. The topological polar surface area (TPSA) is 87.7 Å². The molecular weight excluding hydrogens is 322 g/mol. The lowest BCUT2D eigenvalue weighted by atomic mass is 10.1. The Kier molecular flexibility index (Phi) is 6.97. The average molecular weight is 349 g/mol. The molecule has 0 spiro atoms. The van der Waals surface area contributed by atoms with Crippen LogP contribution in [-0.2, 0) is 4.74 Å². The Balaban J connectivity index is 1.85. The Morgan fingerprint density at radius 1 is 1.20 bits per heavy atom. The second-order valence-electron chi connectivity index (χ2n) is 5.88. The van der Waals surface area contributed by atoms with Gasteiger partial charge in [-0.3, -0.25) is 4.79 Å². The molecule has 25 heavy (non-hydrogen) atoms. The van der Waals surface area contributed by atoms with E-state index in [0.717, 1.165) is 13.1 Å². The third-order valence-electron chi connectivity index (χ3n) is 4.30. The first kappa shape index (κ1) is 19.0. The second-order valence-corrected chi connectivity index (χ2v) is 5.88. The maximum absolute atomic E-state index is 12.3. The maximum atomic E-state index is 12.3. The van der Waals surface area contributed by atoms with E-state index in [-0.39, 0.29) is 18.0 Å². The van der Waals surface area contributed by atoms with Gasteiger partial charge in [-0.15, -0.1) is 0 Å². The van der Waals surface area contributed by atoms with E-state index in [1.54, 1.807) is 24.2 Å². The Labute approximate surface area is 148 Å². The Bertz CT molecular complexity index is 566. The van der Waals surface area contributed by atoms with Gasteiger partial charge in [0.2, 0.25) is 5.95 Å². The van der Waals surface area contributed by atoms with Crippen LogP contribution in [0.5, 0.6) is 0 Å². The SMILES string of the molecule is CCOC(=O)N1CCC(NC(=O)c2cnc(N(CC)CC)nc2)CC1. The maximum Gasteiger partial charge on any atom is 0.409 e. The van der Waals surface area contributed by atoms with Gasteiger partial charge in [0.15, 0.2) is 0 Å². The number of hydrogen-bond acceptors (Lipinski definition) is 6. The van der Waals surface area contributed by atoms with E-state index < -0.39 is 0 Å². The number of likely N-dealkylation sites (tertiary alicyclic amines) is 1. The van der Waals surface area contributed by atoms with Crippen LogP contribution in [0.15, 0.2) is 12.4 Å². The lowest BCUT2D eigenvalue weighted by Crippen LogP contribution is -2.46. The van der Waals surface area contributed by atoms with Crippen molar-refractivity contribution in [1.29, 1.82) is 0 Å². The van der Waals surface area contributed by atoms with Gasteiger partial charge >= 0.3 is 6.09 Å². The van der Waals surface area contributed by atoms with Crippen LogP contribution in [0.2, 0.25) is 0 Å². The van der Waals surface area contributed by atoms with Crippen LogP contribution in [0.25, 0.3) is 0 Å². The van der Waals surface area contributed by atoms with Crippen LogP contribution >= 0.6 is 0 Å². The van der Waals surface area contributed by atoms with Gasteiger partial charge in [-0.05, 0) is 33.6 Å². The van der Waals surface area contributed by atoms with E-state index in [1.807, 2.05) is 18.7 Å². The van der Waals surface area contributed by atoms with Gasteiger partial charge in [0.05, 0.1) is 12.2 Å².